The SMILES string of the molecule is CC1(C)c2ccccc2-c2c(N(c3ccc(-c4cccc5c4C(C)(C)c4ccccc4-5)cc3)c3ccc4c(c3)C3(CCc5ccccc53)c3ccccc3-4)cccc21. The molecule has 0 heterocycles. The van der Waals surface area contributed by atoms with Crippen molar-refractivity contribution < 1.29 is 0 Å². The van der Waals surface area contributed by atoms with Crippen LogP contribution in [0, 0.1) is 0 Å². The van der Waals surface area contributed by atoms with Crippen LogP contribution in [0.4, 0.5) is 17.1 Å². The van der Waals surface area contributed by atoms with Crippen LogP contribution in [0.25, 0.3) is 44.5 Å². The molecule has 12 rings (SSSR count). The molecular weight excluding hydrogens is 699 g/mol. The van der Waals surface area contributed by atoms with Gasteiger partial charge in [0.15, 0.2) is 0 Å². The van der Waals surface area contributed by atoms with E-state index in [1.807, 2.05) is 0 Å². The summed E-state index contributed by atoms with van der Waals surface area (Å²) in [5.41, 5.74) is 25.3. The fraction of sp³-hybridized carbons (Fsp3) is 0.158. The molecule has 1 spiro atoms. The van der Waals surface area contributed by atoms with Crippen LogP contribution in [-0.2, 0) is 22.7 Å². The van der Waals surface area contributed by atoms with Crippen molar-refractivity contribution in [2.24, 2.45) is 0 Å². The van der Waals surface area contributed by atoms with E-state index in [9.17, 15) is 0 Å². The van der Waals surface area contributed by atoms with Crippen molar-refractivity contribution in [3.63, 3.8) is 0 Å². The molecule has 1 atom stereocenters. The lowest BCUT2D eigenvalue weighted by Gasteiger charge is -2.32. The molecule has 0 N–H and O–H groups in total. The van der Waals surface area contributed by atoms with Gasteiger partial charge in [0.1, 0.15) is 0 Å². The van der Waals surface area contributed by atoms with Crippen LogP contribution in [0.1, 0.15) is 78.6 Å². The third-order valence-electron chi connectivity index (χ3n) is 14.5. The minimum absolute atomic E-state index is 0.0885. The molecular formula is C57H45N. The molecule has 278 valence electrons. The molecule has 0 saturated heterocycles. The van der Waals surface area contributed by atoms with Crippen LogP contribution < -0.4 is 4.90 Å². The van der Waals surface area contributed by atoms with Gasteiger partial charge in [-0.05, 0) is 127 Å². The summed E-state index contributed by atoms with van der Waals surface area (Å²) in [4.78, 5) is 2.55. The number of rotatable bonds is 4. The van der Waals surface area contributed by atoms with E-state index in [4.69, 9.17) is 0 Å². The Labute approximate surface area is 342 Å². The summed E-state index contributed by atoms with van der Waals surface area (Å²) in [5.74, 6) is 0. The van der Waals surface area contributed by atoms with Crippen molar-refractivity contribution in [2.45, 2.75) is 56.8 Å². The van der Waals surface area contributed by atoms with Gasteiger partial charge >= 0.3 is 0 Å². The summed E-state index contributed by atoms with van der Waals surface area (Å²) >= 11 is 0. The zero-order valence-electron chi connectivity index (χ0n) is 33.6. The molecule has 0 bridgehead atoms. The van der Waals surface area contributed by atoms with E-state index in [2.05, 4.69) is 209 Å². The minimum Gasteiger partial charge on any atom is -0.310 e. The Morgan fingerprint density at radius 2 is 0.948 bits per heavy atom. The molecule has 0 aliphatic heterocycles. The van der Waals surface area contributed by atoms with E-state index >= 15 is 0 Å². The average molecular weight is 744 g/mol. The first-order valence-electron chi connectivity index (χ1n) is 21.0. The first-order valence-corrected chi connectivity index (χ1v) is 21.0. The molecule has 58 heavy (non-hydrogen) atoms. The Morgan fingerprint density at radius 3 is 1.72 bits per heavy atom. The van der Waals surface area contributed by atoms with Crippen LogP contribution in [0.3, 0.4) is 0 Å². The lowest BCUT2D eigenvalue weighted by molar-refractivity contribution is 0.626. The summed E-state index contributed by atoms with van der Waals surface area (Å²) in [7, 11) is 0. The monoisotopic (exact) mass is 743 g/mol. The van der Waals surface area contributed by atoms with Crippen LogP contribution >= 0.6 is 0 Å². The van der Waals surface area contributed by atoms with Gasteiger partial charge in [-0.3, -0.25) is 0 Å². The number of nitrogens with zero attached hydrogens (tertiary/aromatic N) is 1. The fourth-order valence-electron chi connectivity index (χ4n) is 11.9. The van der Waals surface area contributed by atoms with Crippen molar-refractivity contribution in [3.8, 4) is 44.5 Å². The highest BCUT2D eigenvalue weighted by molar-refractivity contribution is 5.97. The normalized spacial score (nSPS) is 17.9. The van der Waals surface area contributed by atoms with Crippen LogP contribution in [0.15, 0.2) is 176 Å². The van der Waals surface area contributed by atoms with Gasteiger partial charge in [-0.25, -0.2) is 0 Å². The molecule has 0 saturated carbocycles. The van der Waals surface area contributed by atoms with Crippen molar-refractivity contribution in [2.75, 3.05) is 4.90 Å². The highest BCUT2D eigenvalue weighted by Gasteiger charge is 2.48. The molecule has 1 nitrogen and oxygen atoms in total. The topological polar surface area (TPSA) is 3.24 Å². The smallest absolute Gasteiger partial charge is 0.0543 e. The van der Waals surface area contributed by atoms with Crippen molar-refractivity contribution in [1.82, 2.24) is 0 Å². The van der Waals surface area contributed by atoms with E-state index in [-0.39, 0.29) is 16.2 Å². The molecule has 0 radical (unpaired) electrons. The van der Waals surface area contributed by atoms with Crippen LogP contribution in [0.5, 0.6) is 0 Å². The zero-order chi connectivity index (χ0) is 39.0. The lowest BCUT2D eigenvalue weighted by atomic mass is 9.73. The van der Waals surface area contributed by atoms with E-state index in [0.717, 1.165) is 18.5 Å². The first kappa shape index (κ1) is 33.7. The van der Waals surface area contributed by atoms with Crippen molar-refractivity contribution in [3.05, 3.63) is 220 Å². The van der Waals surface area contributed by atoms with Gasteiger partial charge in [-0.15, -0.1) is 0 Å². The van der Waals surface area contributed by atoms with Crippen molar-refractivity contribution >= 4 is 17.1 Å². The number of anilines is 3. The second-order valence-corrected chi connectivity index (χ2v) is 18.0. The molecule has 4 aliphatic carbocycles. The summed E-state index contributed by atoms with van der Waals surface area (Å²) in [6.07, 6.45) is 2.17. The predicted octanol–water partition coefficient (Wildman–Crippen LogP) is 14.7. The third kappa shape index (κ3) is 4.32. The van der Waals surface area contributed by atoms with Gasteiger partial charge in [0.25, 0.3) is 0 Å². The minimum atomic E-state index is -0.167. The van der Waals surface area contributed by atoms with Crippen molar-refractivity contribution in [1.29, 1.82) is 0 Å². The van der Waals surface area contributed by atoms with E-state index in [1.54, 1.807) is 0 Å². The van der Waals surface area contributed by atoms with Gasteiger partial charge in [-0.1, -0.05) is 173 Å². The maximum absolute atomic E-state index is 2.55. The Bertz CT molecular complexity index is 3010. The number of hydrogen-bond donors (Lipinski definition) is 0. The maximum Gasteiger partial charge on any atom is 0.0543 e. The summed E-state index contributed by atoms with van der Waals surface area (Å²) in [5, 5.41) is 0. The van der Waals surface area contributed by atoms with Gasteiger partial charge in [0.2, 0.25) is 0 Å². The molecule has 0 fully saturated rings. The van der Waals surface area contributed by atoms with Crippen LogP contribution in [-0.4, -0.2) is 0 Å². The predicted molar refractivity (Wildman–Crippen MR) is 242 cm³/mol. The summed E-state index contributed by atoms with van der Waals surface area (Å²) in [6, 6.07) is 66.9. The summed E-state index contributed by atoms with van der Waals surface area (Å²) < 4.78 is 0. The number of hydrogen-bond acceptors (Lipinski definition) is 1. The van der Waals surface area contributed by atoms with Gasteiger partial charge in [-0.2, -0.15) is 0 Å². The Balaban J connectivity index is 1.07. The lowest BCUT2D eigenvalue weighted by Crippen LogP contribution is -2.24. The number of fused-ring (bicyclic) bond motifs is 13. The van der Waals surface area contributed by atoms with Gasteiger partial charge in [0, 0.05) is 33.2 Å². The van der Waals surface area contributed by atoms with Gasteiger partial charge in [0.05, 0.1) is 5.69 Å². The molecule has 4 aliphatic rings. The van der Waals surface area contributed by atoms with Gasteiger partial charge < -0.3 is 4.90 Å². The number of benzene rings is 8. The Kier molecular flexibility index (Phi) is 6.86. The Morgan fingerprint density at radius 1 is 0.397 bits per heavy atom. The largest absolute Gasteiger partial charge is 0.310 e. The van der Waals surface area contributed by atoms with E-state index in [0.29, 0.717) is 0 Å². The van der Waals surface area contributed by atoms with E-state index < -0.39 is 0 Å². The quantitative estimate of drug-likeness (QED) is 0.173. The summed E-state index contributed by atoms with van der Waals surface area (Å²) in [6.45, 7) is 9.53. The highest BCUT2D eigenvalue weighted by atomic mass is 15.1. The molecule has 8 aromatic carbocycles. The molecule has 1 heteroatoms. The maximum atomic E-state index is 2.55. The Hall–Kier alpha value is -6.44. The second kappa shape index (κ2) is 11.8. The fourth-order valence-corrected chi connectivity index (χ4v) is 11.9. The van der Waals surface area contributed by atoms with E-state index in [1.165, 1.54) is 100 Å². The van der Waals surface area contributed by atoms with Crippen LogP contribution in [0.2, 0.25) is 0 Å². The zero-order valence-corrected chi connectivity index (χ0v) is 33.6. The molecule has 1 unspecified atom stereocenters. The second-order valence-electron chi connectivity index (χ2n) is 18.0. The first-order chi connectivity index (χ1) is 28.3. The third-order valence-corrected chi connectivity index (χ3v) is 14.5. The number of aryl methyl sites for hydroxylation is 1. The average Bonchev–Trinajstić information content (AvgIpc) is 3.93. The molecule has 0 aromatic heterocycles. The molecule has 0 amide bonds. The molecule has 8 aromatic rings. The highest BCUT2D eigenvalue weighted by Crippen LogP contribution is 2.60. The standard InChI is InChI=1S/C57H45N/c1-55(2)48-23-11-8-18-45(48)53-50(55)25-14-26-52(53)58(38-29-27-36(28-30-38)40-19-13-20-44-42-17-6-10-22-47(42)56(3,4)54(40)44)39-31-32-43-41-16-7-12-24-49(41)57(51(43)35-39)34-33-37-15-5-9-21-46(37)57/h5-32,35H,33-34H2,1-4H3.